The van der Waals surface area contributed by atoms with Crippen LogP contribution in [0.25, 0.3) is 22.0 Å². The van der Waals surface area contributed by atoms with Gasteiger partial charge in [-0.1, -0.05) is 0 Å². The van der Waals surface area contributed by atoms with Crippen LogP contribution in [0.2, 0.25) is 0 Å². The number of fused-ring (bicyclic) bond motifs is 2. The normalized spacial score (nSPS) is 15.1. The van der Waals surface area contributed by atoms with Gasteiger partial charge in [0.1, 0.15) is 35.5 Å². The van der Waals surface area contributed by atoms with Crippen molar-refractivity contribution in [3.63, 3.8) is 0 Å². The summed E-state index contributed by atoms with van der Waals surface area (Å²) in [4.78, 5) is 19.8. The number of carbonyl (C=O) groups is 1. The van der Waals surface area contributed by atoms with E-state index >= 15 is 4.39 Å². The lowest BCUT2D eigenvalue weighted by atomic mass is 9.97. The Hall–Kier alpha value is -4.45. The number of halogens is 5. The maximum Gasteiger partial charge on any atom is 0.273 e. The zero-order valence-corrected chi connectivity index (χ0v) is 20.8. The minimum atomic E-state index is -1.47. The molecule has 0 bridgehead atoms. The van der Waals surface area contributed by atoms with Crippen LogP contribution in [0.1, 0.15) is 10.4 Å². The summed E-state index contributed by atoms with van der Waals surface area (Å²) in [5.41, 5.74) is 2.39. The van der Waals surface area contributed by atoms with Crippen molar-refractivity contribution in [3.05, 3.63) is 83.3 Å². The van der Waals surface area contributed by atoms with Gasteiger partial charge in [0, 0.05) is 47.9 Å². The molecule has 40 heavy (non-hydrogen) atoms. The first-order valence-corrected chi connectivity index (χ1v) is 12.4. The van der Waals surface area contributed by atoms with Crippen LogP contribution in [0.3, 0.4) is 0 Å². The summed E-state index contributed by atoms with van der Waals surface area (Å²) in [5.74, 6) is -5.65. The van der Waals surface area contributed by atoms with Gasteiger partial charge in [0.15, 0.2) is 11.6 Å². The Balaban J connectivity index is 1.49. The summed E-state index contributed by atoms with van der Waals surface area (Å²) in [6.45, 7) is 1.92. The summed E-state index contributed by atoms with van der Waals surface area (Å²) in [5, 5.41) is 1.72. The molecule has 4 aromatic rings. The molecule has 7 nitrogen and oxygen atoms in total. The van der Waals surface area contributed by atoms with Crippen LogP contribution in [-0.2, 0) is 4.74 Å². The minimum absolute atomic E-state index is 0.0827. The van der Waals surface area contributed by atoms with Crippen LogP contribution in [0, 0.1) is 29.1 Å². The molecule has 2 aliphatic rings. The van der Waals surface area contributed by atoms with E-state index in [9.17, 15) is 22.4 Å². The maximum atomic E-state index is 15.2. The molecule has 0 radical (unpaired) electrons. The molecule has 1 amide bonds. The Bertz CT molecular complexity index is 1640. The van der Waals surface area contributed by atoms with Crippen LogP contribution in [0.4, 0.5) is 33.3 Å². The molecule has 6 rings (SSSR count). The van der Waals surface area contributed by atoms with E-state index in [1.165, 1.54) is 35.5 Å². The van der Waals surface area contributed by atoms with Crippen molar-refractivity contribution < 1.29 is 36.2 Å². The highest BCUT2D eigenvalue weighted by Gasteiger charge is 2.28. The number of carbonyl (C=O) groups excluding carboxylic acids is 1. The maximum absolute atomic E-state index is 15.2. The molecule has 0 spiro atoms. The third-order valence-electron chi connectivity index (χ3n) is 6.82. The number of hydrazine groups is 1. The predicted molar refractivity (Wildman–Crippen MR) is 137 cm³/mol. The lowest BCUT2D eigenvalue weighted by molar-refractivity contribution is 0.0943. The van der Waals surface area contributed by atoms with Gasteiger partial charge in [-0.05, 0) is 30.3 Å². The van der Waals surface area contributed by atoms with Crippen molar-refractivity contribution in [2.24, 2.45) is 0 Å². The molecule has 1 aromatic heterocycles. The summed E-state index contributed by atoms with van der Waals surface area (Å²) in [6, 6.07) is 7.43. The number of rotatable bonds is 4. The van der Waals surface area contributed by atoms with Crippen molar-refractivity contribution in [1.82, 2.24) is 10.4 Å². The Labute approximate surface area is 224 Å². The number of hydrogen-bond donors (Lipinski definition) is 1. The fraction of sp³-hybridized carbons (Fsp3) is 0.214. The van der Waals surface area contributed by atoms with E-state index in [1.807, 2.05) is 4.90 Å². The lowest BCUT2D eigenvalue weighted by Crippen LogP contribution is -2.47. The molecule has 0 atom stereocenters. The quantitative estimate of drug-likeness (QED) is 0.283. The Morgan fingerprint density at radius 1 is 0.875 bits per heavy atom. The van der Waals surface area contributed by atoms with Crippen molar-refractivity contribution >= 4 is 28.2 Å². The van der Waals surface area contributed by atoms with Crippen LogP contribution >= 0.6 is 0 Å². The van der Waals surface area contributed by atoms with Crippen molar-refractivity contribution in [2.45, 2.75) is 0 Å². The van der Waals surface area contributed by atoms with Crippen LogP contribution in [0.5, 0.6) is 5.75 Å². The molecule has 1 N–H and O–H groups in total. The number of pyridine rings is 1. The van der Waals surface area contributed by atoms with E-state index in [1.54, 1.807) is 0 Å². The van der Waals surface area contributed by atoms with Gasteiger partial charge < -0.3 is 14.4 Å². The zero-order chi connectivity index (χ0) is 28.0. The first-order valence-electron chi connectivity index (χ1n) is 12.4. The van der Waals surface area contributed by atoms with Crippen molar-refractivity contribution in [2.75, 3.05) is 49.4 Å². The van der Waals surface area contributed by atoms with Crippen LogP contribution in [0.15, 0.2) is 48.7 Å². The van der Waals surface area contributed by atoms with E-state index in [4.69, 9.17) is 9.47 Å². The molecule has 206 valence electrons. The minimum Gasteiger partial charge on any atom is -0.489 e. The Morgan fingerprint density at radius 2 is 1.68 bits per heavy atom. The number of ether oxygens (including phenoxy) is 2. The molecule has 0 aliphatic carbocycles. The Kier molecular flexibility index (Phi) is 6.62. The molecular weight excluding hydrogens is 535 g/mol. The summed E-state index contributed by atoms with van der Waals surface area (Å²) >= 11 is 0. The second kappa shape index (κ2) is 10.3. The fourth-order valence-electron chi connectivity index (χ4n) is 5.00. The topological polar surface area (TPSA) is 66.9 Å². The van der Waals surface area contributed by atoms with Gasteiger partial charge in [-0.25, -0.2) is 22.0 Å². The smallest absolute Gasteiger partial charge is 0.273 e. The monoisotopic (exact) mass is 556 g/mol. The molecule has 0 unspecified atom stereocenters. The first-order chi connectivity index (χ1) is 19.3. The predicted octanol–water partition coefficient (Wildman–Crippen LogP) is 4.98. The molecule has 1 saturated heterocycles. The van der Waals surface area contributed by atoms with Gasteiger partial charge in [0.25, 0.3) is 5.91 Å². The average Bonchev–Trinajstić information content (AvgIpc) is 2.95. The highest BCUT2D eigenvalue weighted by molar-refractivity contribution is 6.10. The molecule has 1 fully saturated rings. The first kappa shape index (κ1) is 25.8. The molecule has 2 aliphatic heterocycles. The van der Waals surface area contributed by atoms with E-state index in [0.717, 1.165) is 6.07 Å². The third kappa shape index (κ3) is 4.53. The Morgan fingerprint density at radius 3 is 2.48 bits per heavy atom. The van der Waals surface area contributed by atoms with Crippen LogP contribution in [-0.4, -0.2) is 50.3 Å². The standard InChI is InChI=1S/C28H21F5N4O3/c29-15-1-4-23-22(13-15)37(7-10-40-23)35-28(38)19-14-34-26-17(27(19)36-5-8-39-9-6-36)2-3-20(31)24(26)18-11-16(30)12-21(32)25(18)33/h1-4,11-14H,5-10H2,(H,35,38). The summed E-state index contributed by atoms with van der Waals surface area (Å²) in [6.07, 6.45) is 1.20. The largest absolute Gasteiger partial charge is 0.489 e. The van der Waals surface area contributed by atoms with Gasteiger partial charge in [0.05, 0.1) is 36.5 Å². The average molecular weight is 556 g/mol. The molecule has 0 saturated carbocycles. The zero-order valence-electron chi connectivity index (χ0n) is 20.8. The van der Waals surface area contributed by atoms with Gasteiger partial charge in [-0.3, -0.25) is 20.2 Å². The van der Waals surface area contributed by atoms with E-state index in [0.29, 0.717) is 55.6 Å². The van der Waals surface area contributed by atoms with Gasteiger partial charge in [-0.15, -0.1) is 0 Å². The fourth-order valence-corrected chi connectivity index (χ4v) is 5.00. The number of morpholine rings is 1. The van der Waals surface area contributed by atoms with Gasteiger partial charge in [0.2, 0.25) is 0 Å². The van der Waals surface area contributed by atoms with Crippen molar-refractivity contribution in [3.8, 4) is 16.9 Å². The summed E-state index contributed by atoms with van der Waals surface area (Å²) in [7, 11) is 0. The number of nitrogens with one attached hydrogen (secondary N) is 1. The van der Waals surface area contributed by atoms with Gasteiger partial charge >= 0.3 is 0 Å². The molecule has 12 heteroatoms. The van der Waals surface area contributed by atoms with Crippen LogP contribution < -0.4 is 20.1 Å². The van der Waals surface area contributed by atoms with E-state index < -0.39 is 46.1 Å². The number of anilines is 2. The van der Waals surface area contributed by atoms with E-state index in [-0.39, 0.29) is 29.6 Å². The number of hydrogen-bond acceptors (Lipinski definition) is 6. The SMILES string of the molecule is O=C(NN1CCOc2ccc(F)cc21)c1cnc2c(-c3cc(F)cc(F)c3F)c(F)ccc2c1N1CCOCC1. The lowest BCUT2D eigenvalue weighted by Gasteiger charge is -2.33. The second-order valence-electron chi connectivity index (χ2n) is 9.24. The number of benzene rings is 3. The third-order valence-corrected chi connectivity index (χ3v) is 6.82. The van der Waals surface area contributed by atoms with Crippen molar-refractivity contribution in [1.29, 1.82) is 0 Å². The molecular formula is C28H21F5N4O3. The van der Waals surface area contributed by atoms with Gasteiger partial charge in [-0.2, -0.15) is 0 Å². The highest BCUT2D eigenvalue weighted by atomic mass is 19.2. The summed E-state index contributed by atoms with van der Waals surface area (Å²) < 4.78 is 83.0. The van der Waals surface area contributed by atoms with E-state index in [2.05, 4.69) is 10.4 Å². The second-order valence-corrected chi connectivity index (χ2v) is 9.24. The molecule has 3 aromatic carbocycles. The number of amides is 1. The highest BCUT2D eigenvalue weighted by Crippen LogP contribution is 2.39. The number of nitrogens with zero attached hydrogens (tertiary/aromatic N) is 3. The molecule has 3 heterocycles. The number of aromatic nitrogens is 1.